The summed E-state index contributed by atoms with van der Waals surface area (Å²) in [6.45, 7) is 0.505. The van der Waals surface area contributed by atoms with Crippen LogP contribution in [0.25, 0.3) is 0 Å². The quantitative estimate of drug-likeness (QED) is 0.821. The maximum absolute atomic E-state index is 5.65. The first kappa shape index (κ1) is 11.2. The molecule has 82 valence electrons. The number of thioether (sulfide) groups is 1. The van der Waals surface area contributed by atoms with Gasteiger partial charge in [0.15, 0.2) is 0 Å². The monoisotopic (exact) mass is 230 g/mol. The predicted octanol–water partition coefficient (Wildman–Crippen LogP) is 2.83. The van der Waals surface area contributed by atoms with Gasteiger partial charge >= 0.3 is 0 Å². The summed E-state index contributed by atoms with van der Waals surface area (Å²) in [4.78, 5) is 5.54. The highest BCUT2D eigenvalue weighted by Crippen LogP contribution is 2.23. The Hall–Kier alpha value is -1.32. The van der Waals surface area contributed by atoms with E-state index in [1.807, 2.05) is 23.9 Å². The van der Waals surface area contributed by atoms with Gasteiger partial charge in [-0.05, 0) is 23.8 Å². The zero-order valence-electron chi connectivity index (χ0n) is 8.97. The van der Waals surface area contributed by atoms with Crippen LogP contribution >= 0.6 is 11.8 Å². The maximum Gasteiger partial charge on any atom is 0.0579 e. The average molecular weight is 230 g/mol. The normalized spacial score (nSPS) is 10.3. The third-order valence-electron chi connectivity index (χ3n) is 2.32. The third kappa shape index (κ3) is 2.84. The van der Waals surface area contributed by atoms with Crippen molar-refractivity contribution in [2.45, 2.75) is 17.2 Å². The third-order valence-corrected chi connectivity index (χ3v) is 3.38. The molecule has 0 aliphatic heterocycles. The Morgan fingerprint density at radius 1 is 1.06 bits per heavy atom. The molecule has 2 nitrogen and oxygen atoms in total. The van der Waals surface area contributed by atoms with E-state index < -0.39 is 0 Å². The van der Waals surface area contributed by atoms with Gasteiger partial charge in [-0.15, -0.1) is 11.8 Å². The Labute approximate surface area is 99.9 Å². The second-order valence-electron chi connectivity index (χ2n) is 3.42. The fourth-order valence-corrected chi connectivity index (χ4v) is 2.40. The van der Waals surface area contributed by atoms with Gasteiger partial charge in [0.05, 0.1) is 5.69 Å². The van der Waals surface area contributed by atoms with Crippen molar-refractivity contribution in [1.29, 1.82) is 0 Å². The van der Waals surface area contributed by atoms with E-state index in [1.54, 1.807) is 6.20 Å². The number of hydrogen-bond acceptors (Lipinski definition) is 3. The van der Waals surface area contributed by atoms with E-state index in [2.05, 4.69) is 35.3 Å². The molecule has 0 saturated heterocycles. The van der Waals surface area contributed by atoms with Crippen molar-refractivity contribution < 1.29 is 0 Å². The van der Waals surface area contributed by atoms with Crippen LogP contribution in [-0.2, 0) is 12.3 Å². The summed E-state index contributed by atoms with van der Waals surface area (Å²) in [7, 11) is 0. The zero-order valence-corrected chi connectivity index (χ0v) is 9.78. The van der Waals surface area contributed by atoms with Crippen LogP contribution in [0, 0.1) is 0 Å². The first-order valence-corrected chi connectivity index (χ1v) is 6.19. The summed E-state index contributed by atoms with van der Waals surface area (Å²) in [5.41, 5.74) is 7.86. The van der Waals surface area contributed by atoms with Crippen molar-refractivity contribution in [3.63, 3.8) is 0 Å². The van der Waals surface area contributed by atoms with Gasteiger partial charge in [-0.3, -0.25) is 4.98 Å². The Balaban J connectivity index is 2.05. The minimum Gasteiger partial charge on any atom is -0.325 e. The van der Waals surface area contributed by atoms with Gasteiger partial charge in [-0.1, -0.05) is 24.3 Å². The number of aromatic nitrogens is 1. The van der Waals surface area contributed by atoms with Crippen LogP contribution in [0.1, 0.15) is 11.3 Å². The summed E-state index contributed by atoms with van der Waals surface area (Å²) in [5.74, 6) is 0.921. The molecule has 2 aromatic rings. The lowest BCUT2D eigenvalue weighted by atomic mass is 10.2. The SMILES string of the molecule is NCc1ncccc1CSc1ccccc1. The lowest BCUT2D eigenvalue weighted by Gasteiger charge is -2.05. The van der Waals surface area contributed by atoms with Crippen molar-refractivity contribution in [2.24, 2.45) is 5.73 Å². The van der Waals surface area contributed by atoms with Crippen LogP contribution in [0.3, 0.4) is 0 Å². The number of benzene rings is 1. The first-order chi connectivity index (χ1) is 7.90. The van der Waals surface area contributed by atoms with E-state index in [0.717, 1.165) is 11.4 Å². The van der Waals surface area contributed by atoms with Crippen LogP contribution in [0.2, 0.25) is 0 Å². The smallest absolute Gasteiger partial charge is 0.0579 e. The van der Waals surface area contributed by atoms with E-state index in [0.29, 0.717) is 6.54 Å². The minimum absolute atomic E-state index is 0.505. The van der Waals surface area contributed by atoms with Crippen molar-refractivity contribution in [3.8, 4) is 0 Å². The largest absolute Gasteiger partial charge is 0.325 e. The fourth-order valence-electron chi connectivity index (χ4n) is 1.46. The standard InChI is InChI=1S/C13H14N2S/c14-9-13-11(5-4-8-15-13)10-16-12-6-2-1-3-7-12/h1-8H,9-10,14H2. The predicted molar refractivity (Wildman–Crippen MR) is 68.1 cm³/mol. The Morgan fingerprint density at radius 2 is 1.88 bits per heavy atom. The molecule has 2 N–H and O–H groups in total. The van der Waals surface area contributed by atoms with Crippen molar-refractivity contribution in [2.75, 3.05) is 0 Å². The highest BCUT2D eigenvalue weighted by molar-refractivity contribution is 7.98. The number of rotatable bonds is 4. The highest BCUT2D eigenvalue weighted by atomic mass is 32.2. The molecule has 0 amide bonds. The molecule has 0 bridgehead atoms. The van der Waals surface area contributed by atoms with Gasteiger partial charge < -0.3 is 5.73 Å². The number of hydrogen-bond donors (Lipinski definition) is 1. The summed E-state index contributed by atoms with van der Waals surface area (Å²) in [6, 6.07) is 14.4. The molecule has 0 spiro atoms. The van der Waals surface area contributed by atoms with Gasteiger partial charge in [-0.2, -0.15) is 0 Å². The van der Waals surface area contributed by atoms with Crippen molar-refractivity contribution >= 4 is 11.8 Å². The molecule has 1 heterocycles. The lowest BCUT2D eigenvalue weighted by Crippen LogP contribution is -2.03. The van der Waals surface area contributed by atoms with Gasteiger partial charge in [0.25, 0.3) is 0 Å². The highest BCUT2D eigenvalue weighted by Gasteiger charge is 2.01. The molecule has 0 aliphatic rings. The fraction of sp³-hybridized carbons (Fsp3) is 0.154. The number of nitrogens with two attached hydrogens (primary N) is 1. The maximum atomic E-state index is 5.65. The molecular formula is C13H14N2S. The van der Waals surface area contributed by atoms with Gasteiger partial charge in [0.2, 0.25) is 0 Å². The molecule has 0 saturated carbocycles. The molecule has 0 radical (unpaired) electrons. The van der Waals surface area contributed by atoms with Crippen LogP contribution < -0.4 is 5.73 Å². The number of pyridine rings is 1. The van der Waals surface area contributed by atoms with E-state index >= 15 is 0 Å². The molecule has 0 fully saturated rings. The average Bonchev–Trinajstić information content (AvgIpc) is 2.38. The Kier molecular flexibility index (Phi) is 3.97. The molecule has 3 heteroatoms. The van der Waals surface area contributed by atoms with E-state index in [1.165, 1.54) is 10.5 Å². The van der Waals surface area contributed by atoms with Crippen LogP contribution in [-0.4, -0.2) is 4.98 Å². The molecule has 1 aromatic heterocycles. The molecule has 16 heavy (non-hydrogen) atoms. The van der Waals surface area contributed by atoms with Crippen LogP contribution in [0.5, 0.6) is 0 Å². The summed E-state index contributed by atoms with van der Waals surface area (Å²) in [6.07, 6.45) is 1.79. The van der Waals surface area contributed by atoms with Crippen molar-refractivity contribution in [3.05, 3.63) is 59.9 Å². The van der Waals surface area contributed by atoms with Gasteiger partial charge in [0.1, 0.15) is 0 Å². The molecule has 0 aliphatic carbocycles. The van der Waals surface area contributed by atoms with Crippen LogP contribution in [0.15, 0.2) is 53.6 Å². The van der Waals surface area contributed by atoms with Crippen molar-refractivity contribution in [1.82, 2.24) is 4.98 Å². The topological polar surface area (TPSA) is 38.9 Å². The molecule has 0 atom stereocenters. The molecular weight excluding hydrogens is 216 g/mol. The zero-order chi connectivity index (χ0) is 11.2. The van der Waals surface area contributed by atoms with E-state index in [-0.39, 0.29) is 0 Å². The molecule has 1 aromatic carbocycles. The lowest BCUT2D eigenvalue weighted by molar-refractivity contribution is 0.964. The number of nitrogens with zero attached hydrogens (tertiary/aromatic N) is 1. The second kappa shape index (κ2) is 5.68. The van der Waals surface area contributed by atoms with E-state index in [9.17, 15) is 0 Å². The molecule has 0 unspecified atom stereocenters. The minimum atomic E-state index is 0.505. The second-order valence-corrected chi connectivity index (χ2v) is 4.46. The van der Waals surface area contributed by atoms with Crippen LogP contribution in [0.4, 0.5) is 0 Å². The summed E-state index contributed by atoms with van der Waals surface area (Å²) in [5, 5.41) is 0. The van der Waals surface area contributed by atoms with Gasteiger partial charge in [0, 0.05) is 23.4 Å². The summed E-state index contributed by atoms with van der Waals surface area (Å²) < 4.78 is 0. The molecule has 2 rings (SSSR count). The first-order valence-electron chi connectivity index (χ1n) is 5.21. The Morgan fingerprint density at radius 3 is 2.62 bits per heavy atom. The van der Waals surface area contributed by atoms with Gasteiger partial charge in [-0.25, -0.2) is 0 Å². The summed E-state index contributed by atoms with van der Waals surface area (Å²) >= 11 is 1.81. The Bertz CT molecular complexity index is 443. The van der Waals surface area contributed by atoms with E-state index in [4.69, 9.17) is 5.73 Å².